The lowest BCUT2D eigenvalue weighted by molar-refractivity contribution is -0.165. The Morgan fingerprint density at radius 2 is 1.85 bits per heavy atom. The van der Waals surface area contributed by atoms with Crippen molar-refractivity contribution in [3.63, 3.8) is 0 Å². The number of nitriles is 1. The number of likely N-dealkylation sites (N-methyl/N-ethyl adjacent to an activating group) is 1. The summed E-state index contributed by atoms with van der Waals surface area (Å²) in [4.78, 5) is 14.3. The number of carbonyl (C=O) groups is 1. The molecular formula is C20H29FN2O3. The first-order valence-corrected chi connectivity index (χ1v) is 8.58. The minimum atomic E-state index is -0.677. The molecule has 0 saturated heterocycles. The van der Waals surface area contributed by atoms with Gasteiger partial charge in [0.2, 0.25) is 0 Å². The molecule has 0 aliphatic heterocycles. The molecule has 0 bridgehead atoms. The molecule has 6 heteroatoms. The summed E-state index contributed by atoms with van der Waals surface area (Å²) in [5.41, 5.74) is -0.386. The van der Waals surface area contributed by atoms with E-state index in [1.54, 1.807) is 44.9 Å². The van der Waals surface area contributed by atoms with Gasteiger partial charge in [0.25, 0.3) is 0 Å². The average molecular weight is 364 g/mol. The molecule has 0 radical (unpaired) electrons. The Hall–Kier alpha value is -1.97. The molecule has 26 heavy (non-hydrogen) atoms. The maximum atomic E-state index is 14.2. The van der Waals surface area contributed by atoms with Crippen molar-refractivity contribution in [2.45, 2.75) is 65.3 Å². The predicted molar refractivity (Wildman–Crippen MR) is 97.9 cm³/mol. The number of hydrogen-bond donors (Lipinski definition) is 0. The Balaban J connectivity index is 2.97. The summed E-state index contributed by atoms with van der Waals surface area (Å²) in [5.74, 6) is -0.895. The fourth-order valence-electron chi connectivity index (χ4n) is 2.20. The molecule has 0 saturated carbocycles. The van der Waals surface area contributed by atoms with Gasteiger partial charge >= 0.3 is 5.97 Å². The zero-order valence-corrected chi connectivity index (χ0v) is 16.7. The Morgan fingerprint density at radius 1 is 1.23 bits per heavy atom. The van der Waals surface area contributed by atoms with Gasteiger partial charge in [0.05, 0.1) is 23.8 Å². The van der Waals surface area contributed by atoms with E-state index in [1.807, 2.05) is 26.8 Å². The number of esters is 1. The van der Waals surface area contributed by atoms with E-state index in [0.29, 0.717) is 5.56 Å². The molecule has 0 aliphatic rings. The van der Waals surface area contributed by atoms with Crippen LogP contribution in [0.5, 0.6) is 0 Å². The Kier molecular flexibility index (Phi) is 7.31. The molecule has 0 heterocycles. The topological polar surface area (TPSA) is 62.6 Å². The SMILES string of the molecule is CN(Cc1ccc(C#N)cc1F)[C@@H](COC(C)(C)C)C(=O)OC(C)(C)C. The van der Waals surface area contributed by atoms with Crippen molar-refractivity contribution in [3.8, 4) is 6.07 Å². The lowest BCUT2D eigenvalue weighted by Gasteiger charge is -2.32. The minimum Gasteiger partial charge on any atom is -0.459 e. The number of benzene rings is 1. The highest BCUT2D eigenvalue weighted by atomic mass is 19.1. The van der Waals surface area contributed by atoms with Crippen LogP contribution in [-0.2, 0) is 20.8 Å². The number of rotatable bonds is 6. The Morgan fingerprint density at radius 3 is 2.31 bits per heavy atom. The first-order valence-electron chi connectivity index (χ1n) is 8.58. The number of carbonyl (C=O) groups excluding carboxylic acids is 1. The van der Waals surface area contributed by atoms with Crippen LogP contribution in [0.1, 0.15) is 52.7 Å². The largest absolute Gasteiger partial charge is 0.459 e. The van der Waals surface area contributed by atoms with Crippen LogP contribution in [0.25, 0.3) is 0 Å². The van der Waals surface area contributed by atoms with Gasteiger partial charge in [0.15, 0.2) is 0 Å². The Bertz CT molecular complexity index is 669. The van der Waals surface area contributed by atoms with Gasteiger partial charge in [-0.25, -0.2) is 4.39 Å². The van der Waals surface area contributed by atoms with Gasteiger partial charge in [0.1, 0.15) is 17.5 Å². The van der Waals surface area contributed by atoms with Crippen LogP contribution >= 0.6 is 0 Å². The zero-order valence-electron chi connectivity index (χ0n) is 16.7. The number of ether oxygens (including phenoxy) is 2. The van der Waals surface area contributed by atoms with Crippen molar-refractivity contribution in [3.05, 3.63) is 35.1 Å². The third-order valence-corrected chi connectivity index (χ3v) is 3.49. The second-order valence-corrected chi connectivity index (χ2v) is 8.31. The highest BCUT2D eigenvalue weighted by Crippen LogP contribution is 2.18. The molecule has 144 valence electrons. The molecule has 1 aromatic carbocycles. The van der Waals surface area contributed by atoms with Crippen LogP contribution in [0.15, 0.2) is 18.2 Å². The van der Waals surface area contributed by atoms with Crippen molar-refractivity contribution in [1.82, 2.24) is 4.90 Å². The normalized spacial score (nSPS) is 13.4. The zero-order chi connectivity index (χ0) is 20.1. The molecule has 1 aromatic rings. The predicted octanol–water partition coefficient (Wildman–Crippen LogP) is 3.65. The molecule has 0 spiro atoms. The number of hydrogen-bond acceptors (Lipinski definition) is 5. The summed E-state index contributed by atoms with van der Waals surface area (Å²) >= 11 is 0. The van der Waals surface area contributed by atoms with Crippen molar-refractivity contribution in [2.75, 3.05) is 13.7 Å². The molecular weight excluding hydrogens is 335 g/mol. The van der Waals surface area contributed by atoms with Crippen LogP contribution in [0.2, 0.25) is 0 Å². The van der Waals surface area contributed by atoms with Crippen LogP contribution in [0.4, 0.5) is 4.39 Å². The fourth-order valence-corrected chi connectivity index (χ4v) is 2.20. The third-order valence-electron chi connectivity index (χ3n) is 3.49. The maximum absolute atomic E-state index is 14.2. The van der Waals surface area contributed by atoms with Gasteiger partial charge in [-0.1, -0.05) is 6.07 Å². The van der Waals surface area contributed by atoms with Crippen molar-refractivity contribution >= 4 is 5.97 Å². The molecule has 0 aromatic heterocycles. The van der Waals surface area contributed by atoms with E-state index >= 15 is 0 Å². The summed E-state index contributed by atoms with van der Waals surface area (Å²) in [7, 11) is 1.72. The van der Waals surface area contributed by atoms with Gasteiger partial charge < -0.3 is 9.47 Å². The van der Waals surface area contributed by atoms with E-state index in [4.69, 9.17) is 14.7 Å². The molecule has 5 nitrogen and oxygen atoms in total. The van der Waals surface area contributed by atoms with Crippen molar-refractivity contribution in [1.29, 1.82) is 5.26 Å². The summed E-state index contributed by atoms with van der Waals surface area (Å²) in [6, 6.07) is 5.53. The van der Waals surface area contributed by atoms with E-state index < -0.39 is 29.0 Å². The van der Waals surface area contributed by atoms with E-state index in [-0.39, 0.29) is 18.7 Å². The first kappa shape index (κ1) is 22.1. The molecule has 0 fully saturated rings. The lowest BCUT2D eigenvalue weighted by Crippen LogP contribution is -2.46. The third kappa shape index (κ3) is 7.51. The van der Waals surface area contributed by atoms with E-state index in [2.05, 4.69) is 0 Å². The smallest absolute Gasteiger partial charge is 0.326 e. The van der Waals surface area contributed by atoms with Crippen LogP contribution in [0, 0.1) is 17.1 Å². The summed E-state index contributed by atoms with van der Waals surface area (Å²) < 4.78 is 25.4. The van der Waals surface area contributed by atoms with Gasteiger partial charge in [-0.15, -0.1) is 0 Å². The minimum absolute atomic E-state index is 0.132. The molecule has 0 unspecified atom stereocenters. The highest BCUT2D eigenvalue weighted by molar-refractivity contribution is 5.76. The van der Waals surface area contributed by atoms with E-state index in [0.717, 1.165) is 0 Å². The van der Waals surface area contributed by atoms with Crippen LogP contribution < -0.4 is 0 Å². The highest BCUT2D eigenvalue weighted by Gasteiger charge is 2.30. The molecule has 0 N–H and O–H groups in total. The molecule has 1 rings (SSSR count). The lowest BCUT2D eigenvalue weighted by atomic mass is 10.1. The van der Waals surface area contributed by atoms with E-state index in [9.17, 15) is 9.18 Å². The Labute approximate surface area is 155 Å². The van der Waals surface area contributed by atoms with Gasteiger partial charge in [0, 0.05) is 12.1 Å². The van der Waals surface area contributed by atoms with Crippen molar-refractivity contribution in [2.24, 2.45) is 0 Å². The summed E-state index contributed by atoms with van der Waals surface area (Å²) in [6.07, 6.45) is 0. The number of halogens is 1. The summed E-state index contributed by atoms with van der Waals surface area (Å²) in [5, 5.41) is 8.85. The monoisotopic (exact) mass is 364 g/mol. The quantitative estimate of drug-likeness (QED) is 0.721. The first-order chi connectivity index (χ1) is 11.8. The molecule has 0 amide bonds. The molecule has 0 aliphatic carbocycles. The van der Waals surface area contributed by atoms with Crippen LogP contribution in [0.3, 0.4) is 0 Å². The second kappa shape index (κ2) is 8.61. The standard InChI is InChI=1S/C20H29FN2O3/c1-19(2,3)25-13-17(18(24)26-20(4,5)6)23(7)12-15-9-8-14(11-22)10-16(15)21/h8-10,17H,12-13H2,1-7H3/t17-/m0/s1. The second-order valence-electron chi connectivity index (χ2n) is 8.31. The van der Waals surface area contributed by atoms with Gasteiger partial charge in [-0.05, 0) is 60.7 Å². The van der Waals surface area contributed by atoms with Crippen molar-refractivity contribution < 1.29 is 18.7 Å². The number of nitrogens with zero attached hydrogens (tertiary/aromatic N) is 2. The maximum Gasteiger partial charge on any atom is 0.326 e. The van der Waals surface area contributed by atoms with E-state index in [1.165, 1.54) is 6.07 Å². The average Bonchev–Trinajstić information content (AvgIpc) is 2.46. The van der Waals surface area contributed by atoms with Gasteiger partial charge in [-0.2, -0.15) is 5.26 Å². The fraction of sp³-hybridized carbons (Fsp3) is 0.600. The van der Waals surface area contributed by atoms with Crippen LogP contribution in [-0.4, -0.2) is 41.8 Å². The molecule has 1 atom stereocenters. The van der Waals surface area contributed by atoms with Gasteiger partial charge in [-0.3, -0.25) is 9.69 Å². The summed E-state index contributed by atoms with van der Waals surface area (Å²) in [6.45, 7) is 11.4.